The van der Waals surface area contributed by atoms with Crippen LogP contribution < -0.4 is 4.90 Å². The molecule has 1 aliphatic heterocycles. The maximum atomic E-state index is 12.6. The third-order valence-corrected chi connectivity index (χ3v) is 5.77. The minimum absolute atomic E-state index is 0.0537. The van der Waals surface area contributed by atoms with Gasteiger partial charge in [0.2, 0.25) is 15.9 Å². The van der Waals surface area contributed by atoms with Crippen LogP contribution in [0.1, 0.15) is 6.42 Å². The molecule has 1 heterocycles. The molecule has 0 aromatic heterocycles. The molecule has 0 bridgehead atoms. The molecule has 1 saturated heterocycles. The summed E-state index contributed by atoms with van der Waals surface area (Å²) in [7, 11) is -3.71. The SMILES string of the molecule is C=CCN(CC=C)S(=O)(=O)c1ccc(N2CC(C(=O)O)CC2=O)cc1. The van der Waals surface area contributed by atoms with Crippen molar-refractivity contribution in [3.8, 4) is 0 Å². The topological polar surface area (TPSA) is 95.0 Å². The zero-order chi connectivity index (χ0) is 18.6. The van der Waals surface area contributed by atoms with Gasteiger partial charge in [-0.2, -0.15) is 4.31 Å². The van der Waals surface area contributed by atoms with E-state index in [4.69, 9.17) is 5.11 Å². The summed E-state index contributed by atoms with van der Waals surface area (Å²) in [6, 6.07) is 5.83. The molecule has 2 rings (SSSR count). The van der Waals surface area contributed by atoms with Crippen LogP contribution in [0.2, 0.25) is 0 Å². The molecule has 1 N–H and O–H groups in total. The Morgan fingerprint density at radius 3 is 2.24 bits per heavy atom. The van der Waals surface area contributed by atoms with E-state index < -0.39 is 21.9 Å². The molecule has 8 heteroatoms. The molecule has 0 aliphatic carbocycles. The third kappa shape index (κ3) is 3.97. The van der Waals surface area contributed by atoms with E-state index in [0.717, 1.165) is 0 Å². The Morgan fingerprint density at radius 1 is 1.24 bits per heavy atom. The Hall–Kier alpha value is -2.45. The van der Waals surface area contributed by atoms with Crippen LogP contribution in [0.5, 0.6) is 0 Å². The normalized spacial score (nSPS) is 17.7. The number of carbonyl (C=O) groups is 2. The van der Waals surface area contributed by atoms with Crippen molar-refractivity contribution >= 4 is 27.6 Å². The van der Waals surface area contributed by atoms with Gasteiger partial charge in [-0.25, -0.2) is 8.42 Å². The van der Waals surface area contributed by atoms with Gasteiger partial charge in [0.15, 0.2) is 0 Å². The van der Waals surface area contributed by atoms with Gasteiger partial charge in [-0.05, 0) is 24.3 Å². The maximum absolute atomic E-state index is 12.6. The Balaban J connectivity index is 2.24. The van der Waals surface area contributed by atoms with Crippen molar-refractivity contribution in [1.29, 1.82) is 0 Å². The quantitative estimate of drug-likeness (QED) is 0.705. The van der Waals surface area contributed by atoms with Gasteiger partial charge in [0.25, 0.3) is 0 Å². The summed E-state index contributed by atoms with van der Waals surface area (Å²) in [5, 5.41) is 9.03. The van der Waals surface area contributed by atoms with Crippen LogP contribution in [0.15, 0.2) is 54.5 Å². The fourth-order valence-corrected chi connectivity index (χ4v) is 4.01. The fraction of sp³-hybridized carbons (Fsp3) is 0.294. The van der Waals surface area contributed by atoms with Crippen LogP contribution >= 0.6 is 0 Å². The number of hydrogen-bond donors (Lipinski definition) is 1. The molecule has 134 valence electrons. The van der Waals surface area contributed by atoms with E-state index >= 15 is 0 Å². The highest BCUT2D eigenvalue weighted by molar-refractivity contribution is 7.89. The molecule has 1 aliphatic rings. The second-order valence-electron chi connectivity index (χ2n) is 5.64. The number of nitrogens with zero attached hydrogens (tertiary/aromatic N) is 2. The molecule has 1 atom stereocenters. The number of amides is 1. The number of hydrogen-bond acceptors (Lipinski definition) is 4. The minimum Gasteiger partial charge on any atom is -0.481 e. The van der Waals surface area contributed by atoms with Crippen molar-refractivity contribution in [2.45, 2.75) is 11.3 Å². The number of anilines is 1. The predicted octanol–water partition coefficient (Wildman–Crippen LogP) is 1.49. The Kier molecular flexibility index (Phi) is 5.76. The van der Waals surface area contributed by atoms with E-state index in [2.05, 4.69) is 13.2 Å². The average molecular weight is 364 g/mol. The summed E-state index contributed by atoms with van der Waals surface area (Å²) >= 11 is 0. The lowest BCUT2D eigenvalue weighted by atomic mass is 10.1. The van der Waals surface area contributed by atoms with Crippen LogP contribution in [-0.4, -0.2) is 49.3 Å². The van der Waals surface area contributed by atoms with Gasteiger partial charge in [-0.15, -0.1) is 13.2 Å². The molecule has 1 unspecified atom stereocenters. The van der Waals surface area contributed by atoms with E-state index in [-0.39, 0.29) is 36.9 Å². The number of rotatable bonds is 8. The molecule has 1 fully saturated rings. The standard InChI is InChI=1S/C17H20N2O5S/c1-3-9-18(10-4-2)25(23,24)15-7-5-14(6-8-15)19-12-13(17(21)22)11-16(19)20/h3-8,13H,1-2,9-12H2,(H,21,22). The first-order valence-corrected chi connectivity index (χ1v) is 9.10. The highest BCUT2D eigenvalue weighted by Crippen LogP contribution is 2.27. The molecular formula is C17H20N2O5S. The number of carboxylic acids is 1. The number of sulfonamides is 1. The van der Waals surface area contributed by atoms with Crippen molar-refractivity contribution in [3.05, 3.63) is 49.6 Å². The lowest BCUT2D eigenvalue weighted by molar-refractivity contribution is -0.141. The third-order valence-electron chi connectivity index (χ3n) is 3.93. The summed E-state index contributed by atoms with van der Waals surface area (Å²) in [5.41, 5.74) is 0.478. The zero-order valence-electron chi connectivity index (χ0n) is 13.7. The van der Waals surface area contributed by atoms with Gasteiger partial charge in [0, 0.05) is 31.7 Å². The summed E-state index contributed by atoms with van der Waals surface area (Å²) in [6.07, 6.45) is 2.93. The predicted molar refractivity (Wildman–Crippen MR) is 93.7 cm³/mol. The summed E-state index contributed by atoms with van der Waals surface area (Å²) in [4.78, 5) is 24.4. The molecule has 0 saturated carbocycles. The van der Waals surface area contributed by atoms with Crippen LogP contribution in [0.25, 0.3) is 0 Å². The first kappa shape index (κ1) is 18.9. The first-order valence-electron chi connectivity index (χ1n) is 7.66. The van der Waals surface area contributed by atoms with E-state index in [1.54, 1.807) is 0 Å². The van der Waals surface area contributed by atoms with E-state index in [0.29, 0.717) is 5.69 Å². The summed E-state index contributed by atoms with van der Waals surface area (Å²) < 4.78 is 26.5. The van der Waals surface area contributed by atoms with E-state index in [1.165, 1.54) is 45.6 Å². The molecule has 0 spiro atoms. The Morgan fingerprint density at radius 2 is 1.80 bits per heavy atom. The lowest BCUT2D eigenvalue weighted by Crippen LogP contribution is -2.31. The second-order valence-corrected chi connectivity index (χ2v) is 7.57. The molecule has 25 heavy (non-hydrogen) atoms. The molecular weight excluding hydrogens is 344 g/mol. The zero-order valence-corrected chi connectivity index (χ0v) is 14.5. The summed E-state index contributed by atoms with van der Waals surface area (Å²) in [5.74, 6) is -2.05. The van der Waals surface area contributed by atoms with Crippen molar-refractivity contribution in [2.75, 3.05) is 24.5 Å². The smallest absolute Gasteiger partial charge is 0.308 e. The molecule has 1 aromatic carbocycles. The highest BCUT2D eigenvalue weighted by Gasteiger charge is 2.35. The van der Waals surface area contributed by atoms with E-state index in [1.807, 2.05) is 0 Å². The van der Waals surface area contributed by atoms with Crippen LogP contribution in [0, 0.1) is 5.92 Å². The molecule has 1 amide bonds. The van der Waals surface area contributed by atoms with Crippen LogP contribution in [0.4, 0.5) is 5.69 Å². The average Bonchev–Trinajstić information content (AvgIpc) is 2.97. The maximum Gasteiger partial charge on any atom is 0.308 e. The number of aliphatic carboxylic acids is 1. The van der Waals surface area contributed by atoms with Gasteiger partial charge in [-0.1, -0.05) is 12.2 Å². The highest BCUT2D eigenvalue weighted by atomic mass is 32.2. The molecule has 1 aromatic rings. The molecule has 0 radical (unpaired) electrons. The monoisotopic (exact) mass is 364 g/mol. The Bertz CT molecular complexity index is 776. The second kappa shape index (κ2) is 7.62. The van der Waals surface area contributed by atoms with Gasteiger partial charge >= 0.3 is 5.97 Å². The van der Waals surface area contributed by atoms with Gasteiger partial charge < -0.3 is 10.0 Å². The van der Waals surface area contributed by atoms with Crippen molar-refractivity contribution in [3.63, 3.8) is 0 Å². The van der Waals surface area contributed by atoms with Gasteiger partial charge in [-0.3, -0.25) is 9.59 Å². The minimum atomic E-state index is -3.71. The van der Waals surface area contributed by atoms with Gasteiger partial charge in [0.1, 0.15) is 0 Å². The lowest BCUT2D eigenvalue weighted by Gasteiger charge is -2.20. The van der Waals surface area contributed by atoms with Crippen LogP contribution in [0.3, 0.4) is 0 Å². The number of carbonyl (C=O) groups excluding carboxylic acids is 1. The van der Waals surface area contributed by atoms with Crippen LogP contribution in [-0.2, 0) is 19.6 Å². The Labute approximate surface area is 146 Å². The van der Waals surface area contributed by atoms with E-state index in [9.17, 15) is 18.0 Å². The van der Waals surface area contributed by atoms with Gasteiger partial charge in [0.05, 0.1) is 10.8 Å². The largest absolute Gasteiger partial charge is 0.481 e. The first-order chi connectivity index (χ1) is 11.8. The van der Waals surface area contributed by atoms with Crippen molar-refractivity contribution in [1.82, 2.24) is 4.31 Å². The van der Waals surface area contributed by atoms with Crippen molar-refractivity contribution < 1.29 is 23.1 Å². The molecule has 7 nitrogen and oxygen atoms in total. The summed E-state index contributed by atoms with van der Waals surface area (Å²) in [6.45, 7) is 7.50. The number of benzene rings is 1. The fourth-order valence-electron chi connectivity index (χ4n) is 2.63. The number of carboxylic acid groups (broad SMARTS) is 1. The van der Waals surface area contributed by atoms with Crippen molar-refractivity contribution in [2.24, 2.45) is 5.92 Å².